The number of ether oxygens (including phenoxy) is 1. The zero-order chi connectivity index (χ0) is 16.7. The van der Waals surface area contributed by atoms with Gasteiger partial charge in [-0.05, 0) is 50.6 Å². The van der Waals surface area contributed by atoms with Gasteiger partial charge in [0, 0.05) is 17.6 Å². The molecule has 4 nitrogen and oxygen atoms in total. The molecule has 24 heavy (non-hydrogen) atoms. The third-order valence-electron chi connectivity index (χ3n) is 4.00. The second-order valence-corrected chi connectivity index (χ2v) is 6.59. The SMILES string of the molecule is CCCN(C(=O)CCOc1ccc(Cl)cc1Cl)C1CCNCC1.Cl. The Hall–Kier alpha value is -0.680. The molecule has 0 bridgehead atoms. The molecule has 1 amide bonds. The molecule has 1 saturated heterocycles. The topological polar surface area (TPSA) is 41.6 Å². The molecule has 0 radical (unpaired) electrons. The number of carbonyl (C=O) groups is 1. The van der Waals surface area contributed by atoms with Crippen molar-refractivity contribution in [2.24, 2.45) is 0 Å². The van der Waals surface area contributed by atoms with Crippen molar-refractivity contribution >= 4 is 41.5 Å². The lowest BCUT2D eigenvalue weighted by molar-refractivity contribution is -0.134. The summed E-state index contributed by atoms with van der Waals surface area (Å²) in [6.45, 7) is 5.20. The summed E-state index contributed by atoms with van der Waals surface area (Å²) in [5.41, 5.74) is 0. The minimum Gasteiger partial charge on any atom is -0.491 e. The summed E-state index contributed by atoms with van der Waals surface area (Å²) in [4.78, 5) is 14.6. The van der Waals surface area contributed by atoms with E-state index in [9.17, 15) is 4.79 Å². The molecule has 1 aliphatic heterocycles. The number of nitrogens with zero attached hydrogens (tertiary/aromatic N) is 1. The quantitative estimate of drug-likeness (QED) is 0.753. The molecule has 1 aromatic carbocycles. The van der Waals surface area contributed by atoms with Crippen LogP contribution in [0.25, 0.3) is 0 Å². The van der Waals surface area contributed by atoms with Crippen molar-refractivity contribution in [1.82, 2.24) is 10.2 Å². The van der Waals surface area contributed by atoms with E-state index >= 15 is 0 Å². The molecule has 136 valence electrons. The van der Waals surface area contributed by atoms with Crippen molar-refractivity contribution in [3.63, 3.8) is 0 Å². The zero-order valence-electron chi connectivity index (χ0n) is 13.9. The van der Waals surface area contributed by atoms with Crippen LogP contribution in [0.1, 0.15) is 32.6 Å². The van der Waals surface area contributed by atoms with Crippen LogP contribution in [0.3, 0.4) is 0 Å². The standard InChI is InChI=1S/C17H24Cl2N2O2.ClH/c1-2-10-21(14-5-8-20-9-6-14)17(22)7-11-23-16-4-3-13(18)12-15(16)19;/h3-4,12,14,20H,2,5-11H2,1H3;1H. The monoisotopic (exact) mass is 394 g/mol. The van der Waals surface area contributed by atoms with Gasteiger partial charge >= 0.3 is 0 Å². The van der Waals surface area contributed by atoms with Gasteiger partial charge in [-0.15, -0.1) is 12.4 Å². The fraction of sp³-hybridized carbons (Fsp3) is 0.588. The Morgan fingerprint density at radius 3 is 2.67 bits per heavy atom. The maximum atomic E-state index is 12.5. The number of hydrogen-bond acceptors (Lipinski definition) is 3. The first-order chi connectivity index (χ1) is 11.1. The van der Waals surface area contributed by atoms with Crippen molar-refractivity contribution in [3.05, 3.63) is 28.2 Å². The van der Waals surface area contributed by atoms with Crippen LogP contribution >= 0.6 is 35.6 Å². The van der Waals surface area contributed by atoms with Crippen LogP contribution in [0.4, 0.5) is 0 Å². The molecule has 0 aliphatic carbocycles. The number of nitrogens with one attached hydrogen (secondary N) is 1. The highest BCUT2D eigenvalue weighted by atomic mass is 35.5. The van der Waals surface area contributed by atoms with E-state index in [0.29, 0.717) is 34.9 Å². The van der Waals surface area contributed by atoms with Crippen LogP contribution in [0.15, 0.2) is 18.2 Å². The van der Waals surface area contributed by atoms with Crippen molar-refractivity contribution in [1.29, 1.82) is 0 Å². The van der Waals surface area contributed by atoms with E-state index in [-0.39, 0.29) is 18.3 Å². The van der Waals surface area contributed by atoms with Gasteiger partial charge in [-0.2, -0.15) is 0 Å². The van der Waals surface area contributed by atoms with E-state index < -0.39 is 0 Å². The van der Waals surface area contributed by atoms with Crippen molar-refractivity contribution in [2.75, 3.05) is 26.2 Å². The average Bonchev–Trinajstić information content (AvgIpc) is 2.55. The summed E-state index contributed by atoms with van der Waals surface area (Å²) in [7, 11) is 0. The van der Waals surface area contributed by atoms with Crippen molar-refractivity contribution < 1.29 is 9.53 Å². The normalized spacial score (nSPS) is 14.8. The Morgan fingerprint density at radius 1 is 1.33 bits per heavy atom. The lowest BCUT2D eigenvalue weighted by Gasteiger charge is -2.34. The summed E-state index contributed by atoms with van der Waals surface area (Å²) in [6.07, 6.45) is 3.38. The van der Waals surface area contributed by atoms with Crippen LogP contribution in [-0.4, -0.2) is 43.1 Å². The van der Waals surface area contributed by atoms with Crippen LogP contribution in [0.5, 0.6) is 5.75 Å². The highest BCUT2D eigenvalue weighted by molar-refractivity contribution is 6.35. The highest BCUT2D eigenvalue weighted by Crippen LogP contribution is 2.27. The van der Waals surface area contributed by atoms with E-state index in [1.807, 2.05) is 4.90 Å². The predicted molar refractivity (Wildman–Crippen MR) is 102 cm³/mol. The average molecular weight is 396 g/mol. The first-order valence-corrected chi connectivity index (χ1v) is 8.95. The lowest BCUT2D eigenvalue weighted by atomic mass is 10.0. The molecule has 1 N–H and O–H groups in total. The molecular formula is C17H25Cl3N2O2. The maximum Gasteiger partial charge on any atom is 0.226 e. The largest absolute Gasteiger partial charge is 0.491 e. The van der Waals surface area contributed by atoms with Gasteiger partial charge in [0.15, 0.2) is 0 Å². The van der Waals surface area contributed by atoms with E-state index in [1.54, 1.807) is 18.2 Å². The molecule has 0 spiro atoms. The smallest absolute Gasteiger partial charge is 0.226 e. The van der Waals surface area contributed by atoms with E-state index in [0.717, 1.165) is 38.9 Å². The number of piperidine rings is 1. The number of amides is 1. The van der Waals surface area contributed by atoms with Crippen LogP contribution in [0.2, 0.25) is 10.0 Å². The summed E-state index contributed by atoms with van der Waals surface area (Å²) in [5, 5.41) is 4.37. The van der Waals surface area contributed by atoms with Gasteiger partial charge in [0.25, 0.3) is 0 Å². The minimum absolute atomic E-state index is 0. The zero-order valence-corrected chi connectivity index (χ0v) is 16.2. The van der Waals surface area contributed by atoms with Gasteiger partial charge in [0.05, 0.1) is 18.1 Å². The van der Waals surface area contributed by atoms with Gasteiger partial charge in [-0.3, -0.25) is 4.79 Å². The van der Waals surface area contributed by atoms with Crippen molar-refractivity contribution in [2.45, 2.75) is 38.6 Å². The highest BCUT2D eigenvalue weighted by Gasteiger charge is 2.24. The summed E-state index contributed by atoms with van der Waals surface area (Å²) in [6, 6.07) is 5.44. The first kappa shape index (κ1) is 21.4. The molecular weight excluding hydrogens is 371 g/mol. The molecule has 0 atom stereocenters. The second-order valence-electron chi connectivity index (χ2n) is 5.74. The Bertz CT molecular complexity index is 523. The van der Waals surface area contributed by atoms with Gasteiger partial charge in [0.1, 0.15) is 5.75 Å². The number of rotatable bonds is 7. The number of halogens is 3. The molecule has 2 rings (SSSR count). The molecule has 7 heteroatoms. The third kappa shape index (κ3) is 6.32. The van der Waals surface area contributed by atoms with Gasteiger partial charge in [0.2, 0.25) is 5.91 Å². The molecule has 1 aromatic rings. The number of benzene rings is 1. The summed E-state index contributed by atoms with van der Waals surface area (Å²) < 4.78 is 5.63. The van der Waals surface area contributed by atoms with Crippen LogP contribution in [-0.2, 0) is 4.79 Å². The number of carbonyl (C=O) groups excluding carboxylic acids is 1. The summed E-state index contributed by atoms with van der Waals surface area (Å²) >= 11 is 11.9. The molecule has 1 aliphatic rings. The van der Waals surface area contributed by atoms with Gasteiger partial charge in [-0.1, -0.05) is 30.1 Å². The van der Waals surface area contributed by atoms with E-state index in [2.05, 4.69) is 12.2 Å². The fourth-order valence-corrected chi connectivity index (χ4v) is 3.32. The van der Waals surface area contributed by atoms with Gasteiger partial charge in [-0.25, -0.2) is 0 Å². The molecule has 1 heterocycles. The summed E-state index contributed by atoms with van der Waals surface area (Å²) in [5.74, 6) is 0.719. The maximum absolute atomic E-state index is 12.5. The van der Waals surface area contributed by atoms with Crippen molar-refractivity contribution in [3.8, 4) is 5.75 Å². The molecule has 0 saturated carbocycles. The predicted octanol–water partition coefficient (Wildman–Crippen LogP) is 4.17. The van der Waals surface area contributed by atoms with E-state index in [4.69, 9.17) is 27.9 Å². The van der Waals surface area contributed by atoms with Crippen LogP contribution < -0.4 is 10.1 Å². The molecule has 0 unspecified atom stereocenters. The Labute approximate surface area is 160 Å². The Morgan fingerprint density at radius 2 is 2.04 bits per heavy atom. The van der Waals surface area contributed by atoms with Gasteiger partial charge < -0.3 is 15.0 Å². The lowest BCUT2D eigenvalue weighted by Crippen LogP contribution is -2.46. The Balaban J connectivity index is 0.00000288. The number of hydrogen-bond donors (Lipinski definition) is 1. The minimum atomic E-state index is 0. The Kier molecular flexibility index (Phi) is 9.82. The fourth-order valence-electron chi connectivity index (χ4n) is 2.85. The first-order valence-electron chi connectivity index (χ1n) is 8.20. The molecule has 1 fully saturated rings. The van der Waals surface area contributed by atoms with Crippen LogP contribution in [0, 0.1) is 0 Å². The third-order valence-corrected chi connectivity index (χ3v) is 4.53. The second kappa shape index (κ2) is 11.0. The molecule has 0 aromatic heterocycles. The van der Waals surface area contributed by atoms with E-state index in [1.165, 1.54) is 0 Å².